The zero-order valence-corrected chi connectivity index (χ0v) is 15.6. The predicted octanol–water partition coefficient (Wildman–Crippen LogP) is 3.58. The highest BCUT2D eigenvalue weighted by Gasteiger charge is 2.24. The molecule has 3 atom stereocenters. The van der Waals surface area contributed by atoms with Gasteiger partial charge in [-0.05, 0) is 23.3 Å². The second-order valence-corrected chi connectivity index (χ2v) is 6.88. The Hall–Kier alpha value is -3.07. The molecule has 0 saturated heterocycles. The van der Waals surface area contributed by atoms with Gasteiger partial charge in [-0.15, -0.1) is 0 Å². The third-order valence-electron chi connectivity index (χ3n) is 4.14. The summed E-state index contributed by atoms with van der Waals surface area (Å²) in [4.78, 5) is 10.2. The van der Waals surface area contributed by atoms with Gasteiger partial charge in [0.1, 0.15) is 5.75 Å². The Bertz CT molecular complexity index is 937. The third kappa shape index (κ3) is 5.01. The van der Waals surface area contributed by atoms with Crippen LogP contribution in [0.15, 0.2) is 84.9 Å². The van der Waals surface area contributed by atoms with Crippen LogP contribution in [0, 0.1) is 10.1 Å². The Labute approximate surface area is 165 Å². The lowest BCUT2D eigenvalue weighted by atomic mass is 9.95. The van der Waals surface area contributed by atoms with E-state index in [0.717, 1.165) is 11.1 Å². The number of nitro benzene ring substituents is 1. The highest BCUT2D eigenvalue weighted by Crippen LogP contribution is 2.27. The van der Waals surface area contributed by atoms with Crippen LogP contribution in [-0.2, 0) is 11.3 Å². The van der Waals surface area contributed by atoms with Crippen LogP contribution in [-0.4, -0.2) is 9.13 Å². The van der Waals surface area contributed by atoms with E-state index in [4.69, 9.17) is 9.92 Å². The SMILES string of the molecule is N[C@H](c1ccccc1)[C@H](NS(=O)Oc1ccc([N+](=O)[O-])cc1)c1ccccc1. The fraction of sp³-hybridized carbons (Fsp3) is 0.100. The summed E-state index contributed by atoms with van der Waals surface area (Å²) in [5, 5.41) is 10.7. The molecule has 144 valence electrons. The van der Waals surface area contributed by atoms with Crippen molar-refractivity contribution in [2.24, 2.45) is 5.73 Å². The van der Waals surface area contributed by atoms with E-state index < -0.39 is 28.3 Å². The topological polar surface area (TPSA) is 107 Å². The second-order valence-electron chi connectivity index (χ2n) is 6.01. The van der Waals surface area contributed by atoms with E-state index in [1.54, 1.807) is 0 Å². The average Bonchev–Trinajstić information content (AvgIpc) is 2.73. The van der Waals surface area contributed by atoms with Gasteiger partial charge in [0.25, 0.3) is 17.0 Å². The molecule has 3 aromatic carbocycles. The second kappa shape index (κ2) is 9.23. The summed E-state index contributed by atoms with van der Waals surface area (Å²) in [5.41, 5.74) is 8.11. The number of non-ortho nitro benzene ring substituents is 1. The molecule has 0 radical (unpaired) electrons. The molecule has 7 nitrogen and oxygen atoms in total. The molecule has 0 spiro atoms. The van der Waals surface area contributed by atoms with Crippen molar-refractivity contribution in [1.29, 1.82) is 0 Å². The minimum absolute atomic E-state index is 0.0700. The molecule has 0 saturated carbocycles. The maximum atomic E-state index is 12.5. The lowest BCUT2D eigenvalue weighted by Crippen LogP contribution is -2.34. The molecule has 3 rings (SSSR count). The summed E-state index contributed by atoms with van der Waals surface area (Å²) < 4.78 is 20.8. The van der Waals surface area contributed by atoms with Crippen LogP contribution in [0.4, 0.5) is 5.69 Å². The van der Waals surface area contributed by atoms with Gasteiger partial charge in [0, 0.05) is 12.1 Å². The first kappa shape index (κ1) is 19.7. The number of hydrogen-bond acceptors (Lipinski definition) is 5. The number of nitrogens with zero attached hydrogens (tertiary/aromatic N) is 1. The Morgan fingerprint density at radius 1 is 0.893 bits per heavy atom. The van der Waals surface area contributed by atoms with Gasteiger partial charge in [0.2, 0.25) is 0 Å². The number of nitro groups is 1. The van der Waals surface area contributed by atoms with Gasteiger partial charge in [-0.25, -0.2) is 0 Å². The van der Waals surface area contributed by atoms with Crippen LogP contribution < -0.4 is 14.6 Å². The van der Waals surface area contributed by atoms with E-state index in [0.29, 0.717) is 0 Å². The van der Waals surface area contributed by atoms with Crippen molar-refractivity contribution in [3.63, 3.8) is 0 Å². The Morgan fingerprint density at radius 3 is 1.96 bits per heavy atom. The fourth-order valence-electron chi connectivity index (χ4n) is 2.72. The molecule has 0 aliphatic carbocycles. The number of nitrogens with two attached hydrogens (primary N) is 1. The molecule has 0 fully saturated rings. The highest BCUT2D eigenvalue weighted by atomic mass is 32.2. The molecule has 0 heterocycles. The van der Waals surface area contributed by atoms with E-state index in [1.807, 2.05) is 60.7 Å². The zero-order valence-electron chi connectivity index (χ0n) is 14.8. The van der Waals surface area contributed by atoms with Crippen molar-refractivity contribution in [3.8, 4) is 5.75 Å². The molecule has 3 aromatic rings. The molecule has 3 N–H and O–H groups in total. The Morgan fingerprint density at radius 2 is 1.43 bits per heavy atom. The van der Waals surface area contributed by atoms with Crippen molar-refractivity contribution in [2.45, 2.75) is 12.1 Å². The highest BCUT2D eigenvalue weighted by molar-refractivity contribution is 7.78. The first-order valence-electron chi connectivity index (χ1n) is 8.51. The van der Waals surface area contributed by atoms with Gasteiger partial charge in [0.05, 0.1) is 17.0 Å². The Balaban J connectivity index is 1.77. The summed E-state index contributed by atoms with van der Waals surface area (Å²) in [6.45, 7) is 0. The molecular weight excluding hydrogens is 378 g/mol. The van der Waals surface area contributed by atoms with Crippen LogP contribution >= 0.6 is 0 Å². The molecule has 8 heteroatoms. The maximum Gasteiger partial charge on any atom is 0.288 e. The molecule has 0 amide bonds. The summed E-state index contributed by atoms with van der Waals surface area (Å²) in [5.74, 6) is 0.247. The first-order valence-corrected chi connectivity index (χ1v) is 9.58. The first-order chi connectivity index (χ1) is 13.5. The van der Waals surface area contributed by atoms with Crippen LogP contribution in [0.2, 0.25) is 0 Å². The zero-order chi connectivity index (χ0) is 19.9. The lowest BCUT2D eigenvalue weighted by molar-refractivity contribution is -0.384. The fourth-order valence-corrected chi connectivity index (χ4v) is 3.54. The van der Waals surface area contributed by atoms with Crippen LogP contribution in [0.3, 0.4) is 0 Å². The molecule has 28 heavy (non-hydrogen) atoms. The van der Waals surface area contributed by atoms with Crippen LogP contribution in [0.5, 0.6) is 5.75 Å². The maximum absolute atomic E-state index is 12.5. The summed E-state index contributed by atoms with van der Waals surface area (Å²) in [7, 11) is 0. The van der Waals surface area contributed by atoms with Crippen molar-refractivity contribution >= 4 is 17.0 Å². The smallest absolute Gasteiger partial charge is 0.288 e. The average molecular weight is 397 g/mol. The standard InChI is InChI=1S/C20H19N3O4S/c21-19(15-7-3-1-4-8-15)20(16-9-5-2-6-10-16)22-28(26)27-18-13-11-17(12-14-18)23(24)25/h1-14,19-20,22H,21H2/t19-,20-,28?/m1/s1. The minimum atomic E-state index is -1.91. The normalized spacial score (nSPS) is 14.0. The molecule has 1 unspecified atom stereocenters. The number of hydrogen-bond donors (Lipinski definition) is 2. The van der Waals surface area contributed by atoms with E-state index in [-0.39, 0.29) is 11.4 Å². The van der Waals surface area contributed by atoms with E-state index in [9.17, 15) is 14.3 Å². The number of nitrogens with one attached hydrogen (secondary N) is 1. The van der Waals surface area contributed by atoms with E-state index >= 15 is 0 Å². The van der Waals surface area contributed by atoms with E-state index in [1.165, 1.54) is 24.3 Å². The van der Waals surface area contributed by atoms with Crippen molar-refractivity contribution in [1.82, 2.24) is 4.72 Å². The van der Waals surface area contributed by atoms with Gasteiger partial charge in [-0.1, -0.05) is 60.7 Å². The number of benzene rings is 3. The Kier molecular flexibility index (Phi) is 6.49. The van der Waals surface area contributed by atoms with Gasteiger partial charge in [-0.3, -0.25) is 10.1 Å². The molecule has 0 bridgehead atoms. The monoisotopic (exact) mass is 397 g/mol. The third-order valence-corrected chi connectivity index (χ3v) is 4.94. The largest absolute Gasteiger partial charge is 0.389 e. The number of rotatable bonds is 8. The van der Waals surface area contributed by atoms with Crippen molar-refractivity contribution in [3.05, 3.63) is 106 Å². The predicted molar refractivity (Wildman–Crippen MR) is 108 cm³/mol. The summed E-state index contributed by atoms with van der Waals surface area (Å²) >= 11 is -1.91. The van der Waals surface area contributed by atoms with Gasteiger partial charge in [-0.2, -0.15) is 8.93 Å². The van der Waals surface area contributed by atoms with Crippen LogP contribution in [0.25, 0.3) is 0 Å². The quantitative estimate of drug-likeness (QED) is 0.446. The van der Waals surface area contributed by atoms with Gasteiger partial charge < -0.3 is 9.92 Å². The van der Waals surface area contributed by atoms with Crippen LogP contribution in [0.1, 0.15) is 23.2 Å². The van der Waals surface area contributed by atoms with E-state index in [2.05, 4.69) is 4.72 Å². The molecule has 0 aromatic heterocycles. The van der Waals surface area contributed by atoms with Gasteiger partial charge >= 0.3 is 0 Å². The summed E-state index contributed by atoms with van der Waals surface area (Å²) in [6.07, 6.45) is 0. The van der Waals surface area contributed by atoms with Gasteiger partial charge in [0.15, 0.2) is 0 Å². The van der Waals surface area contributed by atoms with Crippen molar-refractivity contribution < 1.29 is 13.3 Å². The lowest BCUT2D eigenvalue weighted by Gasteiger charge is -2.25. The molecular formula is C20H19N3O4S. The molecule has 0 aliphatic heterocycles. The summed E-state index contributed by atoms with van der Waals surface area (Å²) in [6, 6.07) is 23.4. The minimum Gasteiger partial charge on any atom is -0.389 e. The molecule has 0 aliphatic rings. The van der Waals surface area contributed by atoms with Crippen molar-refractivity contribution in [2.75, 3.05) is 0 Å².